The van der Waals surface area contributed by atoms with Crippen molar-refractivity contribution in [2.24, 2.45) is 0 Å². The lowest BCUT2D eigenvalue weighted by molar-refractivity contribution is 0.509. The highest BCUT2D eigenvalue weighted by Crippen LogP contribution is 2.11. The highest BCUT2D eigenvalue weighted by Gasteiger charge is 1.99. The second kappa shape index (κ2) is 2.64. The molecule has 54 valence electrons. The van der Waals surface area contributed by atoms with Crippen molar-refractivity contribution in [3.05, 3.63) is 29.8 Å². The predicted octanol–water partition coefficient (Wildman–Crippen LogP) is 2.01. The fourth-order valence-electron chi connectivity index (χ4n) is 0.574. The summed E-state index contributed by atoms with van der Waals surface area (Å²) < 4.78 is 45.3. The Hall–Kier alpha value is -1.12. The average molecular weight is 146 g/mol. The van der Waals surface area contributed by atoms with E-state index in [1.807, 2.05) is 5.32 Å². The summed E-state index contributed by atoms with van der Waals surface area (Å²) in [5, 5.41) is 2.04. The van der Waals surface area contributed by atoms with Gasteiger partial charge in [-0.15, -0.1) is 0 Å². The molecule has 3 heteroatoms. The van der Waals surface area contributed by atoms with E-state index < -0.39 is 18.6 Å². The van der Waals surface area contributed by atoms with Crippen molar-refractivity contribution in [1.29, 1.82) is 0 Å². The van der Waals surface area contributed by atoms with Gasteiger partial charge in [0, 0.05) is 16.8 Å². The van der Waals surface area contributed by atoms with Gasteiger partial charge in [0.25, 0.3) is 0 Å². The number of halogens is 2. The zero-order valence-electron chi connectivity index (χ0n) is 7.99. The van der Waals surface area contributed by atoms with Crippen LogP contribution in [0.15, 0.2) is 18.2 Å². The van der Waals surface area contributed by atoms with Gasteiger partial charge in [-0.3, -0.25) is 0 Å². The second-order valence-corrected chi connectivity index (χ2v) is 1.75. The quantitative estimate of drug-likeness (QED) is 0.639. The largest absolute Gasteiger partial charge is 0.388 e. The molecule has 0 aromatic heterocycles. The molecule has 0 fully saturated rings. The zero-order chi connectivity index (χ0) is 10.1. The Morgan fingerprint density at radius 1 is 1.40 bits per heavy atom. The predicted molar refractivity (Wildman–Crippen MR) is 35.9 cm³/mol. The second-order valence-electron chi connectivity index (χ2n) is 1.75. The monoisotopic (exact) mass is 146 g/mol. The van der Waals surface area contributed by atoms with Gasteiger partial charge < -0.3 is 5.32 Å². The van der Waals surface area contributed by atoms with Gasteiger partial charge in [0.05, 0.1) is 0 Å². The highest BCUT2D eigenvalue weighted by atomic mass is 19.2. The van der Waals surface area contributed by atoms with Crippen LogP contribution in [-0.4, -0.2) is 6.98 Å². The molecular weight excluding hydrogens is 136 g/mol. The molecule has 0 atom stereocenters. The minimum Gasteiger partial charge on any atom is -0.388 e. The molecule has 0 heterocycles. The number of nitrogens with one attached hydrogen (secondary N) is 1. The highest BCUT2D eigenvalue weighted by molar-refractivity contribution is 5.42. The van der Waals surface area contributed by atoms with E-state index >= 15 is 0 Å². The Kier molecular flexibility index (Phi) is 1.03. The van der Waals surface area contributed by atoms with Crippen molar-refractivity contribution < 1.29 is 12.9 Å². The van der Waals surface area contributed by atoms with Crippen LogP contribution in [0, 0.1) is 11.6 Å². The minimum atomic E-state index is -2.40. The number of anilines is 1. The Morgan fingerprint density at radius 3 is 2.80 bits per heavy atom. The van der Waals surface area contributed by atoms with E-state index in [0.29, 0.717) is 0 Å². The molecule has 0 amide bonds. The molecule has 0 spiro atoms. The maximum Gasteiger partial charge on any atom is 0.160 e. The lowest BCUT2D eigenvalue weighted by atomic mass is 10.3. The summed E-state index contributed by atoms with van der Waals surface area (Å²) in [6.45, 7) is -2.40. The van der Waals surface area contributed by atoms with Crippen molar-refractivity contribution in [3.8, 4) is 0 Å². The van der Waals surface area contributed by atoms with E-state index in [4.69, 9.17) is 4.11 Å². The van der Waals surface area contributed by atoms with Crippen molar-refractivity contribution >= 4 is 5.69 Å². The lowest BCUT2D eigenvalue weighted by Gasteiger charge is -1.98. The van der Waals surface area contributed by atoms with Crippen LogP contribution in [0.1, 0.15) is 4.11 Å². The first-order valence-corrected chi connectivity index (χ1v) is 2.62. The molecule has 1 aromatic carbocycles. The molecule has 0 saturated heterocycles. The topological polar surface area (TPSA) is 12.0 Å². The Morgan fingerprint density at radius 2 is 2.20 bits per heavy atom. The fraction of sp³-hybridized carbons (Fsp3) is 0.143. The van der Waals surface area contributed by atoms with E-state index in [-0.39, 0.29) is 5.69 Å². The molecule has 0 aliphatic carbocycles. The summed E-state index contributed by atoms with van der Waals surface area (Å²) in [5.41, 5.74) is 0.0268. The summed E-state index contributed by atoms with van der Waals surface area (Å²) in [6, 6.07) is 2.82. The SMILES string of the molecule is [2H]C([2H])([2H])Nc1ccc(F)c(F)c1. The first-order valence-electron chi connectivity index (χ1n) is 4.12. The molecule has 1 aromatic rings. The van der Waals surface area contributed by atoms with Gasteiger partial charge in [0.15, 0.2) is 11.6 Å². The van der Waals surface area contributed by atoms with E-state index in [1.54, 1.807) is 0 Å². The van der Waals surface area contributed by atoms with Gasteiger partial charge in [0.2, 0.25) is 0 Å². The Labute approximate surface area is 61.9 Å². The third-order valence-corrected chi connectivity index (χ3v) is 1.06. The van der Waals surface area contributed by atoms with Gasteiger partial charge in [-0.25, -0.2) is 8.78 Å². The molecule has 0 aliphatic heterocycles. The maximum absolute atomic E-state index is 12.6. The van der Waals surface area contributed by atoms with E-state index in [2.05, 4.69) is 0 Å². The van der Waals surface area contributed by atoms with Crippen LogP contribution in [-0.2, 0) is 0 Å². The molecule has 1 rings (SSSR count). The van der Waals surface area contributed by atoms with Gasteiger partial charge in [-0.2, -0.15) is 0 Å². The van der Waals surface area contributed by atoms with Gasteiger partial charge >= 0.3 is 0 Å². The van der Waals surface area contributed by atoms with Crippen LogP contribution >= 0.6 is 0 Å². The lowest BCUT2D eigenvalue weighted by Crippen LogP contribution is -1.90. The number of benzene rings is 1. The van der Waals surface area contributed by atoms with E-state index in [9.17, 15) is 8.78 Å². The molecule has 0 radical (unpaired) electrons. The van der Waals surface area contributed by atoms with E-state index in [0.717, 1.165) is 18.2 Å². The zero-order valence-corrected chi connectivity index (χ0v) is 4.99. The van der Waals surface area contributed by atoms with Gasteiger partial charge in [0.1, 0.15) is 0 Å². The van der Waals surface area contributed by atoms with Crippen molar-refractivity contribution in [1.82, 2.24) is 0 Å². The van der Waals surface area contributed by atoms with Crippen molar-refractivity contribution in [2.45, 2.75) is 0 Å². The number of hydrogen-bond acceptors (Lipinski definition) is 1. The standard InChI is InChI=1S/C7H7F2N/c1-10-5-2-3-6(8)7(9)4-5/h2-4,10H,1H3/i1D3. The van der Waals surface area contributed by atoms with Crippen LogP contribution in [0.25, 0.3) is 0 Å². The molecule has 1 nitrogen and oxygen atoms in total. The van der Waals surface area contributed by atoms with Crippen LogP contribution in [0.2, 0.25) is 0 Å². The van der Waals surface area contributed by atoms with Crippen LogP contribution < -0.4 is 5.32 Å². The van der Waals surface area contributed by atoms with Crippen LogP contribution in [0.5, 0.6) is 0 Å². The van der Waals surface area contributed by atoms with Crippen molar-refractivity contribution in [2.75, 3.05) is 12.3 Å². The van der Waals surface area contributed by atoms with Crippen molar-refractivity contribution in [3.63, 3.8) is 0 Å². The first-order chi connectivity index (χ1) is 5.88. The summed E-state index contributed by atoms with van der Waals surface area (Å²) in [5.74, 6) is -2.08. The molecule has 0 aliphatic rings. The third-order valence-electron chi connectivity index (χ3n) is 1.06. The first kappa shape index (κ1) is 3.91. The smallest absolute Gasteiger partial charge is 0.160 e. The third kappa shape index (κ3) is 1.23. The molecule has 0 unspecified atom stereocenters. The molecule has 10 heavy (non-hydrogen) atoms. The summed E-state index contributed by atoms with van der Waals surface area (Å²) >= 11 is 0. The van der Waals surface area contributed by atoms with E-state index in [1.165, 1.54) is 0 Å². The normalized spacial score (nSPS) is 15.2. The summed E-state index contributed by atoms with van der Waals surface area (Å²) in [7, 11) is 0. The summed E-state index contributed by atoms with van der Waals surface area (Å²) in [6.07, 6.45) is 0. The maximum atomic E-state index is 12.6. The average Bonchev–Trinajstić information content (AvgIpc) is 1.94. The van der Waals surface area contributed by atoms with Gasteiger partial charge in [-0.1, -0.05) is 0 Å². The van der Waals surface area contributed by atoms with Crippen LogP contribution in [0.3, 0.4) is 0 Å². The molecule has 0 saturated carbocycles. The van der Waals surface area contributed by atoms with Crippen LogP contribution in [0.4, 0.5) is 14.5 Å². The Bertz CT molecular complexity index is 311. The van der Waals surface area contributed by atoms with Gasteiger partial charge in [-0.05, 0) is 18.2 Å². The number of hydrogen-bond donors (Lipinski definition) is 1. The molecular formula is C7H7F2N. The number of rotatable bonds is 1. The fourth-order valence-corrected chi connectivity index (χ4v) is 0.574. The molecule has 1 N–H and O–H groups in total. The Balaban J connectivity index is 2.86. The minimum absolute atomic E-state index is 0.0268. The molecule has 0 bridgehead atoms. The summed E-state index contributed by atoms with van der Waals surface area (Å²) in [4.78, 5) is 0.